The molecule has 6 heteroatoms. The zero-order valence-electron chi connectivity index (χ0n) is 17.2. The largest absolute Gasteiger partial charge is 0.497 e. The van der Waals surface area contributed by atoms with Crippen LogP contribution in [0.15, 0.2) is 60.7 Å². The van der Waals surface area contributed by atoms with E-state index in [-0.39, 0.29) is 5.91 Å². The molecule has 0 aliphatic rings. The number of methoxy groups -OCH3 is 2. The number of anilines is 1. The molecule has 1 N–H and O–H groups in total. The van der Waals surface area contributed by atoms with Gasteiger partial charge in [0.1, 0.15) is 17.2 Å². The van der Waals surface area contributed by atoms with Gasteiger partial charge in [-0.2, -0.15) is 0 Å². The predicted molar refractivity (Wildman–Crippen MR) is 119 cm³/mol. The van der Waals surface area contributed by atoms with E-state index in [1.807, 2.05) is 25.1 Å². The lowest BCUT2D eigenvalue weighted by Gasteiger charge is -2.13. The van der Waals surface area contributed by atoms with Crippen LogP contribution < -0.4 is 19.5 Å². The molecule has 0 saturated carbocycles. The molecule has 0 heterocycles. The maximum absolute atomic E-state index is 12.5. The molecule has 0 aliphatic carbocycles. The van der Waals surface area contributed by atoms with Crippen LogP contribution in [0.1, 0.15) is 17.5 Å². The van der Waals surface area contributed by atoms with E-state index in [4.69, 9.17) is 25.8 Å². The molecule has 1 amide bonds. The van der Waals surface area contributed by atoms with Gasteiger partial charge in [0.15, 0.2) is 5.75 Å². The number of ether oxygens (including phenoxy) is 3. The summed E-state index contributed by atoms with van der Waals surface area (Å²) >= 11 is 6.13. The first-order valence-electron chi connectivity index (χ1n) is 9.53. The first kappa shape index (κ1) is 21.5. The molecule has 3 aromatic carbocycles. The number of nitrogens with one attached hydrogen (secondary N) is 1. The Labute approximate surface area is 181 Å². The highest BCUT2D eigenvalue weighted by atomic mass is 35.5. The third-order valence-electron chi connectivity index (χ3n) is 4.60. The summed E-state index contributed by atoms with van der Waals surface area (Å²) in [6, 6.07) is 18.2. The van der Waals surface area contributed by atoms with Gasteiger partial charge in [-0.3, -0.25) is 4.79 Å². The van der Waals surface area contributed by atoms with Gasteiger partial charge in [-0.1, -0.05) is 23.7 Å². The molecular formula is C24H24ClNO4. The minimum Gasteiger partial charge on any atom is -0.497 e. The lowest BCUT2D eigenvalue weighted by Crippen LogP contribution is -2.13. The Hall–Kier alpha value is -3.18. The molecule has 3 rings (SSSR count). The lowest BCUT2D eigenvalue weighted by atomic mass is 10.1. The van der Waals surface area contributed by atoms with Crippen LogP contribution in [-0.4, -0.2) is 20.1 Å². The molecule has 0 spiro atoms. The van der Waals surface area contributed by atoms with Crippen LogP contribution in [0.5, 0.6) is 23.0 Å². The predicted octanol–water partition coefficient (Wildman–Crippen LogP) is 6.03. The maximum Gasteiger partial charge on any atom is 0.224 e. The number of hydrogen-bond donors (Lipinski definition) is 1. The van der Waals surface area contributed by atoms with Gasteiger partial charge in [-0.05, 0) is 73.0 Å². The Kier molecular flexibility index (Phi) is 7.20. The van der Waals surface area contributed by atoms with Gasteiger partial charge < -0.3 is 19.5 Å². The molecule has 30 heavy (non-hydrogen) atoms. The summed E-state index contributed by atoms with van der Waals surface area (Å²) in [6.07, 6.45) is 0.951. The Morgan fingerprint density at radius 3 is 2.27 bits per heavy atom. The van der Waals surface area contributed by atoms with Gasteiger partial charge in [-0.15, -0.1) is 0 Å². The molecule has 0 saturated heterocycles. The zero-order chi connectivity index (χ0) is 21.5. The third kappa shape index (κ3) is 5.67. The van der Waals surface area contributed by atoms with E-state index in [1.165, 1.54) is 0 Å². The molecule has 0 atom stereocenters. The second kappa shape index (κ2) is 10.0. The number of benzene rings is 3. The molecule has 5 nitrogen and oxygen atoms in total. The van der Waals surface area contributed by atoms with Crippen molar-refractivity contribution in [3.05, 3.63) is 76.8 Å². The highest BCUT2D eigenvalue weighted by molar-refractivity contribution is 6.31. The average molecular weight is 426 g/mol. The van der Waals surface area contributed by atoms with Crippen LogP contribution in [-0.2, 0) is 11.2 Å². The number of carbonyl (C=O) groups excluding carboxylic acids is 1. The normalized spacial score (nSPS) is 10.4. The molecule has 0 aromatic heterocycles. The van der Waals surface area contributed by atoms with Crippen molar-refractivity contribution in [2.45, 2.75) is 19.8 Å². The van der Waals surface area contributed by atoms with Gasteiger partial charge in [0, 0.05) is 11.4 Å². The minimum atomic E-state index is -0.120. The van der Waals surface area contributed by atoms with Crippen LogP contribution in [0, 0.1) is 6.92 Å². The zero-order valence-corrected chi connectivity index (χ0v) is 18.0. The van der Waals surface area contributed by atoms with E-state index in [0.29, 0.717) is 35.1 Å². The smallest absolute Gasteiger partial charge is 0.224 e. The molecular weight excluding hydrogens is 402 g/mol. The van der Waals surface area contributed by atoms with Gasteiger partial charge in [0.2, 0.25) is 5.91 Å². The molecule has 3 aromatic rings. The van der Waals surface area contributed by atoms with Crippen LogP contribution in [0.4, 0.5) is 5.69 Å². The van der Waals surface area contributed by atoms with E-state index in [9.17, 15) is 4.79 Å². The van der Waals surface area contributed by atoms with Crippen molar-refractivity contribution in [3.8, 4) is 23.0 Å². The summed E-state index contributed by atoms with van der Waals surface area (Å²) in [6.45, 7) is 1.98. The van der Waals surface area contributed by atoms with Crippen molar-refractivity contribution in [1.82, 2.24) is 0 Å². The quantitative estimate of drug-likeness (QED) is 0.478. The highest BCUT2D eigenvalue weighted by Crippen LogP contribution is 2.33. The summed E-state index contributed by atoms with van der Waals surface area (Å²) in [4.78, 5) is 12.5. The van der Waals surface area contributed by atoms with Crippen molar-refractivity contribution in [1.29, 1.82) is 0 Å². The van der Waals surface area contributed by atoms with Gasteiger partial charge in [-0.25, -0.2) is 0 Å². The summed E-state index contributed by atoms with van der Waals surface area (Å²) in [5.74, 6) is 2.59. The fourth-order valence-corrected chi connectivity index (χ4v) is 3.20. The number of hydrogen-bond acceptors (Lipinski definition) is 4. The number of halogens is 1. The molecule has 0 fully saturated rings. The summed E-state index contributed by atoms with van der Waals surface area (Å²) < 4.78 is 16.4. The van der Waals surface area contributed by atoms with Crippen molar-refractivity contribution in [2.75, 3.05) is 19.5 Å². The lowest BCUT2D eigenvalue weighted by molar-refractivity contribution is -0.116. The van der Waals surface area contributed by atoms with Gasteiger partial charge in [0.05, 0.1) is 19.9 Å². The molecule has 156 valence electrons. The first-order valence-corrected chi connectivity index (χ1v) is 9.91. The van der Waals surface area contributed by atoms with Gasteiger partial charge >= 0.3 is 0 Å². The number of carbonyl (C=O) groups is 1. The van der Waals surface area contributed by atoms with E-state index in [0.717, 1.165) is 22.6 Å². The minimum absolute atomic E-state index is 0.120. The van der Waals surface area contributed by atoms with Crippen molar-refractivity contribution in [3.63, 3.8) is 0 Å². The average Bonchev–Trinajstić information content (AvgIpc) is 2.75. The Morgan fingerprint density at radius 1 is 0.900 bits per heavy atom. The Morgan fingerprint density at radius 2 is 1.60 bits per heavy atom. The topological polar surface area (TPSA) is 56.8 Å². The Balaban J connectivity index is 1.66. The van der Waals surface area contributed by atoms with Crippen molar-refractivity contribution in [2.24, 2.45) is 0 Å². The summed E-state index contributed by atoms with van der Waals surface area (Å²) in [7, 11) is 3.25. The number of amides is 1. The van der Waals surface area contributed by atoms with E-state index in [2.05, 4.69) is 5.32 Å². The van der Waals surface area contributed by atoms with Crippen LogP contribution in [0.3, 0.4) is 0 Å². The third-order valence-corrected chi connectivity index (χ3v) is 4.84. The van der Waals surface area contributed by atoms with Crippen LogP contribution in [0.25, 0.3) is 0 Å². The fraction of sp³-hybridized carbons (Fsp3) is 0.208. The second-order valence-electron chi connectivity index (χ2n) is 6.77. The van der Waals surface area contributed by atoms with E-state index in [1.54, 1.807) is 56.7 Å². The van der Waals surface area contributed by atoms with Crippen LogP contribution in [0.2, 0.25) is 5.02 Å². The molecule has 0 radical (unpaired) electrons. The monoisotopic (exact) mass is 425 g/mol. The molecule has 0 aliphatic heterocycles. The summed E-state index contributed by atoms with van der Waals surface area (Å²) in [5, 5.41) is 3.42. The number of rotatable bonds is 8. The van der Waals surface area contributed by atoms with Crippen molar-refractivity contribution < 1.29 is 19.0 Å². The number of aryl methyl sites for hydroxylation is 2. The molecule has 0 unspecified atom stereocenters. The van der Waals surface area contributed by atoms with Crippen molar-refractivity contribution >= 4 is 23.2 Å². The SMILES string of the molecule is COc1ccc(Oc2ccc(Cl)cc2NC(=O)CCc2ccc(OC)c(C)c2)cc1. The first-order chi connectivity index (χ1) is 14.5. The maximum atomic E-state index is 12.5. The van der Waals surface area contributed by atoms with E-state index >= 15 is 0 Å². The molecule has 0 bridgehead atoms. The highest BCUT2D eigenvalue weighted by Gasteiger charge is 2.11. The van der Waals surface area contributed by atoms with Gasteiger partial charge in [0.25, 0.3) is 0 Å². The fourth-order valence-electron chi connectivity index (χ4n) is 3.03. The Bertz CT molecular complexity index is 1020. The summed E-state index contributed by atoms with van der Waals surface area (Å²) in [5.41, 5.74) is 2.64. The second-order valence-corrected chi connectivity index (χ2v) is 7.21. The standard InChI is InChI=1S/C24H24ClNO4/c1-16-14-17(4-11-22(16)29-3)5-13-24(27)26-21-15-18(25)6-12-23(21)30-20-9-7-19(28-2)8-10-20/h4,6-12,14-15H,5,13H2,1-3H3,(H,26,27). The van der Waals surface area contributed by atoms with E-state index < -0.39 is 0 Å². The van der Waals surface area contributed by atoms with Crippen LogP contribution >= 0.6 is 11.6 Å².